The molecule has 1 unspecified atom stereocenters. The second kappa shape index (κ2) is 10.7. The van der Waals surface area contributed by atoms with E-state index in [9.17, 15) is 14.4 Å². The van der Waals surface area contributed by atoms with Crippen molar-refractivity contribution in [1.82, 2.24) is 10.2 Å². The predicted molar refractivity (Wildman–Crippen MR) is 130 cm³/mol. The normalized spacial score (nSPS) is 12.0. The smallest absolute Gasteiger partial charge is 0.408 e. The lowest BCUT2D eigenvalue weighted by molar-refractivity contribution is -0.136. The molecule has 7 nitrogen and oxygen atoms in total. The fourth-order valence-corrected chi connectivity index (χ4v) is 3.70. The summed E-state index contributed by atoms with van der Waals surface area (Å²) >= 11 is 6.30. The van der Waals surface area contributed by atoms with Crippen molar-refractivity contribution >= 4 is 35.2 Å². The molecule has 0 saturated carbocycles. The molecule has 0 aromatic heterocycles. The summed E-state index contributed by atoms with van der Waals surface area (Å²) in [4.78, 5) is 39.7. The Morgan fingerprint density at radius 2 is 1.67 bits per heavy atom. The van der Waals surface area contributed by atoms with E-state index in [0.29, 0.717) is 16.3 Å². The van der Waals surface area contributed by atoms with Gasteiger partial charge in [0.15, 0.2) is 0 Å². The first-order valence-electron chi connectivity index (χ1n) is 10.6. The third kappa shape index (κ3) is 7.49. The van der Waals surface area contributed by atoms with Gasteiger partial charge in [-0.15, -0.1) is 0 Å². The number of alkyl carbamates (subject to hydrolysis) is 1. The predicted octanol–water partition coefficient (Wildman–Crippen LogP) is 4.93. The van der Waals surface area contributed by atoms with E-state index in [1.807, 2.05) is 45.0 Å². The van der Waals surface area contributed by atoms with Crippen molar-refractivity contribution in [3.63, 3.8) is 0 Å². The largest absolute Gasteiger partial charge is 0.444 e. The van der Waals surface area contributed by atoms with Gasteiger partial charge in [0.05, 0.1) is 10.7 Å². The number of amides is 3. The molecule has 0 radical (unpaired) electrons. The lowest BCUT2D eigenvalue weighted by atomic mass is 9.99. The second-order valence-corrected chi connectivity index (χ2v) is 9.51. The van der Waals surface area contributed by atoms with E-state index < -0.39 is 29.6 Å². The summed E-state index contributed by atoms with van der Waals surface area (Å²) < 4.78 is 5.18. The fourth-order valence-electron chi connectivity index (χ4n) is 3.43. The van der Waals surface area contributed by atoms with Crippen LogP contribution in [0.3, 0.4) is 0 Å². The summed E-state index contributed by atoms with van der Waals surface area (Å²) in [6, 6.07) is 10.1. The number of rotatable bonds is 6. The first-order chi connectivity index (χ1) is 15.3. The van der Waals surface area contributed by atoms with Crippen LogP contribution in [0.4, 0.5) is 10.5 Å². The Morgan fingerprint density at radius 3 is 2.21 bits per heavy atom. The Morgan fingerprint density at radius 1 is 1.06 bits per heavy atom. The fraction of sp³-hybridized carbons (Fsp3) is 0.400. The first kappa shape index (κ1) is 26.2. The first-order valence-corrected chi connectivity index (χ1v) is 11.0. The molecule has 1 atom stereocenters. The van der Waals surface area contributed by atoms with Gasteiger partial charge in [-0.1, -0.05) is 53.1 Å². The summed E-state index contributed by atoms with van der Waals surface area (Å²) in [6.07, 6.45) is -0.705. The van der Waals surface area contributed by atoms with Gasteiger partial charge in [0.25, 0.3) is 5.91 Å². The number of hydrogen-bond acceptors (Lipinski definition) is 4. The van der Waals surface area contributed by atoms with Crippen molar-refractivity contribution in [2.24, 2.45) is 0 Å². The van der Waals surface area contributed by atoms with Crippen molar-refractivity contribution in [3.8, 4) is 0 Å². The minimum atomic E-state index is -0.938. The van der Waals surface area contributed by atoms with E-state index in [1.54, 1.807) is 32.9 Å². The molecule has 2 rings (SSSR count). The number of nitrogens with one attached hydrogen (secondary N) is 2. The number of carbonyl (C=O) groups excluding carboxylic acids is 3. The SMILES string of the molecule is Cc1cc(C)cc(C(C(=O)Nc2c(C)cccc2Cl)N(C)C(=O)CNC(=O)OC(C)(C)C)c1. The number of nitrogens with zero attached hydrogens (tertiary/aromatic N) is 1. The average Bonchev–Trinajstić information content (AvgIpc) is 2.67. The summed E-state index contributed by atoms with van der Waals surface area (Å²) in [5, 5.41) is 5.73. The Bertz CT molecular complexity index is 1010. The highest BCUT2D eigenvalue weighted by Gasteiger charge is 2.30. The number of carbonyl (C=O) groups is 3. The van der Waals surface area contributed by atoms with Gasteiger partial charge in [0.1, 0.15) is 18.2 Å². The highest BCUT2D eigenvalue weighted by atomic mass is 35.5. The maximum Gasteiger partial charge on any atom is 0.408 e. The average molecular weight is 474 g/mol. The monoisotopic (exact) mass is 473 g/mol. The molecule has 2 N–H and O–H groups in total. The van der Waals surface area contributed by atoms with Crippen LogP contribution in [0.5, 0.6) is 0 Å². The van der Waals surface area contributed by atoms with Crippen molar-refractivity contribution in [2.45, 2.75) is 53.2 Å². The Labute approximate surface area is 200 Å². The number of likely N-dealkylation sites (N-methyl/N-ethyl adjacent to an activating group) is 1. The summed E-state index contributed by atoms with van der Waals surface area (Å²) in [5.41, 5.74) is 3.19. The number of benzene rings is 2. The molecule has 0 spiro atoms. The van der Waals surface area contributed by atoms with Gasteiger partial charge < -0.3 is 20.3 Å². The summed E-state index contributed by atoms with van der Waals surface area (Å²) in [6.45, 7) is 10.6. The molecular weight excluding hydrogens is 442 g/mol. The topological polar surface area (TPSA) is 87.7 Å². The zero-order valence-corrected chi connectivity index (χ0v) is 21.0. The number of hydrogen-bond donors (Lipinski definition) is 2. The van der Waals surface area contributed by atoms with Gasteiger partial charge in [0.2, 0.25) is 5.91 Å². The van der Waals surface area contributed by atoms with Crippen LogP contribution >= 0.6 is 11.6 Å². The second-order valence-electron chi connectivity index (χ2n) is 9.10. The van der Waals surface area contributed by atoms with E-state index in [2.05, 4.69) is 10.6 Å². The van der Waals surface area contributed by atoms with Gasteiger partial charge in [-0.2, -0.15) is 0 Å². The molecule has 3 amide bonds. The van der Waals surface area contributed by atoms with Gasteiger partial charge in [-0.3, -0.25) is 9.59 Å². The van der Waals surface area contributed by atoms with Crippen LogP contribution in [-0.2, 0) is 14.3 Å². The van der Waals surface area contributed by atoms with E-state index in [-0.39, 0.29) is 6.54 Å². The maximum absolute atomic E-state index is 13.4. The summed E-state index contributed by atoms with van der Waals surface area (Å²) in [5.74, 6) is -0.861. The van der Waals surface area contributed by atoms with E-state index in [0.717, 1.165) is 16.7 Å². The molecule has 0 saturated heterocycles. The molecule has 0 aliphatic heterocycles. The minimum absolute atomic E-state index is 0.314. The summed E-state index contributed by atoms with van der Waals surface area (Å²) in [7, 11) is 1.53. The molecule has 33 heavy (non-hydrogen) atoms. The van der Waals surface area contributed by atoms with Crippen molar-refractivity contribution in [3.05, 3.63) is 63.7 Å². The van der Waals surface area contributed by atoms with Crippen LogP contribution in [0.2, 0.25) is 5.02 Å². The lowest BCUT2D eigenvalue weighted by Gasteiger charge is -2.29. The highest BCUT2D eigenvalue weighted by Crippen LogP contribution is 2.29. The van der Waals surface area contributed by atoms with Crippen LogP contribution in [0.15, 0.2) is 36.4 Å². The Balaban J connectivity index is 2.31. The van der Waals surface area contributed by atoms with Crippen LogP contribution in [0.25, 0.3) is 0 Å². The molecule has 0 fully saturated rings. The molecule has 0 aliphatic carbocycles. The van der Waals surface area contributed by atoms with Gasteiger partial charge >= 0.3 is 6.09 Å². The van der Waals surface area contributed by atoms with Crippen LogP contribution in [0.1, 0.15) is 49.1 Å². The number of para-hydroxylation sites is 1. The molecule has 178 valence electrons. The Hall–Kier alpha value is -3.06. The van der Waals surface area contributed by atoms with E-state index in [4.69, 9.17) is 16.3 Å². The molecule has 2 aromatic rings. The standard InChI is InChI=1S/C25H32ClN3O4/c1-15-11-16(2)13-18(12-15)22(23(31)28-21-17(3)9-8-10-19(21)26)29(7)20(30)14-27-24(32)33-25(4,5)6/h8-13,22H,14H2,1-7H3,(H,27,32)(H,28,31). The third-order valence-electron chi connectivity index (χ3n) is 4.84. The van der Waals surface area contributed by atoms with Crippen LogP contribution in [-0.4, -0.2) is 42.0 Å². The van der Waals surface area contributed by atoms with Crippen molar-refractivity contribution in [2.75, 3.05) is 18.9 Å². The number of anilines is 1. The molecule has 0 heterocycles. The molecular formula is C25H32ClN3O4. The third-order valence-corrected chi connectivity index (χ3v) is 5.16. The molecule has 0 aliphatic rings. The number of ether oxygens (including phenoxy) is 1. The minimum Gasteiger partial charge on any atom is -0.444 e. The van der Waals surface area contributed by atoms with E-state index in [1.165, 1.54) is 11.9 Å². The van der Waals surface area contributed by atoms with Crippen molar-refractivity contribution < 1.29 is 19.1 Å². The van der Waals surface area contributed by atoms with Gasteiger partial charge in [-0.25, -0.2) is 4.79 Å². The molecule has 0 bridgehead atoms. The van der Waals surface area contributed by atoms with E-state index >= 15 is 0 Å². The lowest BCUT2D eigenvalue weighted by Crippen LogP contribution is -2.44. The van der Waals surface area contributed by atoms with Crippen LogP contribution in [0, 0.1) is 20.8 Å². The van der Waals surface area contributed by atoms with Crippen LogP contribution < -0.4 is 10.6 Å². The van der Waals surface area contributed by atoms with Gasteiger partial charge in [0, 0.05) is 7.05 Å². The zero-order valence-electron chi connectivity index (χ0n) is 20.2. The molecule has 8 heteroatoms. The highest BCUT2D eigenvalue weighted by molar-refractivity contribution is 6.34. The quantitative estimate of drug-likeness (QED) is 0.622. The van der Waals surface area contributed by atoms with Crippen molar-refractivity contribution in [1.29, 1.82) is 0 Å². The zero-order chi connectivity index (χ0) is 24.9. The number of halogens is 1. The molecule has 2 aromatic carbocycles. The Kier molecular flexibility index (Phi) is 8.50. The maximum atomic E-state index is 13.4. The van der Waals surface area contributed by atoms with Gasteiger partial charge in [-0.05, 0) is 58.7 Å². The number of aryl methyl sites for hydroxylation is 3.